The molecule has 4 nitrogen and oxygen atoms in total. The molecule has 1 amide bonds. The number of nitrogens with two attached hydrogens (primary N) is 1. The van der Waals surface area contributed by atoms with E-state index in [1.165, 1.54) is 25.0 Å². The predicted molar refractivity (Wildman–Crippen MR) is 92.1 cm³/mol. The van der Waals surface area contributed by atoms with Gasteiger partial charge in [-0.2, -0.15) is 11.8 Å². The summed E-state index contributed by atoms with van der Waals surface area (Å²) in [6, 6.07) is 5.23. The minimum Gasteiger partial charge on any atom is -0.494 e. The van der Waals surface area contributed by atoms with Crippen molar-refractivity contribution in [3.63, 3.8) is 0 Å². The van der Waals surface area contributed by atoms with Crippen molar-refractivity contribution in [1.82, 2.24) is 0 Å². The first-order valence-electron chi connectivity index (χ1n) is 7.48. The van der Waals surface area contributed by atoms with Gasteiger partial charge in [0, 0.05) is 18.2 Å². The lowest BCUT2D eigenvalue weighted by Crippen LogP contribution is -2.12. The molecule has 0 atom stereocenters. The molecular formula is C16H26N2O2S. The molecule has 0 heterocycles. The number of methoxy groups -OCH3 is 1. The fourth-order valence-electron chi connectivity index (χ4n) is 1.91. The molecular weight excluding hydrogens is 284 g/mol. The molecule has 0 aliphatic rings. The summed E-state index contributed by atoms with van der Waals surface area (Å²) in [4.78, 5) is 11.9. The van der Waals surface area contributed by atoms with E-state index in [2.05, 4.69) is 12.2 Å². The van der Waals surface area contributed by atoms with Crippen LogP contribution in [-0.4, -0.2) is 24.5 Å². The van der Waals surface area contributed by atoms with Crippen LogP contribution in [-0.2, 0) is 4.79 Å². The molecule has 5 heteroatoms. The number of carbonyl (C=O) groups excluding carboxylic acids is 1. The van der Waals surface area contributed by atoms with Crippen LogP contribution in [0.15, 0.2) is 18.2 Å². The average molecular weight is 310 g/mol. The van der Waals surface area contributed by atoms with Crippen LogP contribution in [0.4, 0.5) is 11.4 Å². The molecule has 1 rings (SSSR count). The summed E-state index contributed by atoms with van der Waals surface area (Å²) in [6.07, 6.45) is 5.26. The molecule has 0 bridgehead atoms. The van der Waals surface area contributed by atoms with Gasteiger partial charge in [0.05, 0.1) is 12.8 Å². The van der Waals surface area contributed by atoms with Gasteiger partial charge >= 0.3 is 0 Å². The lowest BCUT2D eigenvalue weighted by atomic mass is 10.2. The molecule has 0 saturated heterocycles. The SMILES string of the molecule is CCCCCSCCCC(=O)Nc1ccc(N)cc1OC. The highest BCUT2D eigenvalue weighted by atomic mass is 32.2. The smallest absolute Gasteiger partial charge is 0.224 e. The number of ether oxygens (including phenoxy) is 1. The standard InChI is InChI=1S/C16H26N2O2S/c1-3-4-5-10-21-11-6-7-16(19)18-14-9-8-13(17)12-15(14)20-2/h8-9,12H,3-7,10-11,17H2,1-2H3,(H,18,19). The number of nitrogens with one attached hydrogen (secondary N) is 1. The lowest BCUT2D eigenvalue weighted by Gasteiger charge is -2.10. The summed E-state index contributed by atoms with van der Waals surface area (Å²) < 4.78 is 5.21. The molecule has 0 radical (unpaired) electrons. The zero-order valence-electron chi connectivity index (χ0n) is 13.0. The van der Waals surface area contributed by atoms with Crippen LogP contribution in [0.2, 0.25) is 0 Å². The van der Waals surface area contributed by atoms with Crippen molar-refractivity contribution in [2.24, 2.45) is 0 Å². The van der Waals surface area contributed by atoms with Crippen molar-refractivity contribution < 1.29 is 9.53 Å². The number of amides is 1. The largest absolute Gasteiger partial charge is 0.494 e. The first-order valence-corrected chi connectivity index (χ1v) is 8.64. The Kier molecular flexibility index (Phi) is 8.74. The summed E-state index contributed by atoms with van der Waals surface area (Å²) >= 11 is 1.93. The minimum atomic E-state index is 0.0206. The predicted octanol–water partition coefficient (Wildman–Crippen LogP) is 3.92. The maximum Gasteiger partial charge on any atom is 0.224 e. The Bertz CT molecular complexity index is 438. The monoisotopic (exact) mass is 310 g/mol. The summed E-state index contributed by atoms with van der Waals surface area (Å²) in [7, 11) is 1.57. The zero-order chi connectivity index (χ0) is 15.5. The maximum absolute atomic E-state index is 11.9. The molecule has 0 fully saturated rings. The third-order valence-corrected chi connectivity index (χ3v) is 4.24. The number of hydrogen-bond donors (Lipinski definition) is 2. The topological polar surface area (TPSA) is 64.4 Å². The van der Waals surface area contributed by atoms with Crippen LogP contribution in [0.25, 0.3) is 0 Å². The maximum atomic E-state index is 11.9. The van der Waals surface area contributed by atoms with Gasteiger partial charge in [0.1, 0.15) is 5.75 Å². The van der Waals surface area contributed by atoms with Gasteiger partial charge in [-0.15, -0.1) is 0 Å². The van der Waals surface area contributed by atoms with E-state index in [0.29, 0.717) is 23.5 Å². The highest BCUT2D eigenvalue weighted by Crippen LogP contribution is 2.26. The molecule has 118 valence electrons. The second-order valence-corrected chi connectivity index (χ2v) is 6.16. The van der Waals surface area contributed by atoms with Gasteiger partial charge in [-0.3, -0.25) is 4.79 Å². The molecule has 0 aliphatic heterocycles. The van der Waals surface area contributed by atoms with E-state index in [9.17, 15) is 4.79 Å². The molecule has 1 aromatic rings. The number of anilines is 2. The van der Waals surface area contributed by atoms with Crippen molar-refractivity contribution >= 4 is 29.0 Å². The van der Waals surface area contributed by atoms with Gasteiger partial charge in [-0.1, -0.05) is 19.8 Å². The van der Waals surface area contributed by atoms with Crippen LogP contribution in [0.3, 0.4) is 0 Å². The van der Waals surface area contributed by atoms with E-state index in [1.807, 2.05) is 11.8 Å². The third-order valence-electron chi connectivity index (χ3n) is 3.08. The van der Waals surface area contributed by atoms with Crippen LogP contribution in [0, 0.1) is 0 Å². The van der Waals surface area contributed by atoms with Crippen molar-refractivity contribution in [1.29, 1.82) is 0 Å². The first kappa shape index (κ1) is 17.7. The van der Waals surface area contributed by atoms with Crippen molar-refractivity contribution in [2.75, 3.05) is 29.7 Å². The second-order valence-electron chi connectivity index (χ2n) is 4.93. The minimum absolute atomic E-state index is 0.0206. The number of benzene rings is 1. The number of unbranched alkanes of at least 4 members (excludes halogenated alkanes) is 2. The Labute approximate surface area is 131 Å². The fraction of sp³-hybridized carbons (Fsp3) is 0.562. The van der Waals surface area contributed by atoms with Crippen molar-refractivity contribution in [3.8, 4) is 5.75 Å². The van der Waals surface area contributed by atoms with E-state index < -0.39 is 0 Å². The molecule has 0 aliphatic carbocycles. The van der Waals surface area contributed by atoms with E-state index in [1.54, 1.807) is 25.3 Å². The Hall–Kier alpha value is -1.36. The Balaban J connectivity index is 2.25. The number of nitrogen functional groups attached to an aromatic ring is 1. The molecule has 0 saturated carbocycles. The Morgan fingerprint density at radius 3 is 2.76 bits per heavy atom. The van der Waals surface area contributed by atoms with Gasteiger partial charge in [0.25, 0.3) is 0 Å². The summed E-state index contributed by atoms with van der Waals surface area (Å²) in [5, 5.41) is 2.87. The van der Waals surface area contributed by atoms with Gasteiger partial charge in [0.15, 0.2) is 0 Å². The number of hydrogen-bond acceptors (Lipinski definition) is 4. The molecule has 1 aromatic carbocycles. The molecule has 21 heavy (non-hydrogen) atoms. The molecule has 3 N–H and O–H groups in total. The lowest BCUT2D eigenvalue weighted by molar-refractivity contribution is -0.116. The normalized spacial score (nSPS) is 10.4. The highest BCUT2D eigenvalue weighted by Gasteiger charge is 2.07. The van der Waals surface area contributed by atoms with Crippen molar-refractivity contribution in [2.45, 2.75) is 39.0 Å². The van der Waals surface area contributed by atoms with Gasteiger partial charge in [-0.05, 0) is 36.5 Å². The van der Waals surface area contributed by atoms with Crippen LogP contribution < -0.4 is 15.8 Å². The van der Waals surface area contributed by atoms with Crippen LogP contribution in [0.5, 0.6) is 5.75 Å². The Morgan fingerprint density at radius 2 is 2.05 bits per heavy atom. The zero-order valence-corrected chi connectivity index (χ0v) is 13.8. The van der Waals surface area contributed by atoms with Crippen LogP contribution in [0.1, 0.15) is 39.0 Å². The quantitative estimate of drug-likeness (QED) is 0.508. The highest BCUT2D eigenvalue weighted by molar-refractivity contribution is 7.99. The number of rotatable bonds is 10. The number of thioether (sulfide) groups is 1. The summed E-state index contributed by atoms with van der Waals surface area (Å²) in [5.41, 5.74) is 6.98. The number of carbonyl (C=O) groups is 1. The van der Waals surface area contributed by atoms with E-state index in [4.69, 9.17) is 10.5 Å². The summed E-state index contributed by atoms with van der Waals surface area (Å²) in [5.74, 6) is 2.85. The fourth-order valence-corrected chi connectivity index (χ4v) is 2.88. The molecule has 0 aromatic heterocycles. The van der Waals surface area contributed by atoms with Gasteiger partial charge in [0.2, 0.25) is 5.91 Å². The summed E-state index contributed by atoms with van der Waals surface area (Å²) in [6.45, 7) is 2.21. The van der Waals surface area contributed by atoms with E-state index in [-0.39, 0.29) is 5.91 Å². The van der Waals surface area contributed by atoms with E-state index >= 15 is 0 Å². The first-order chi connectivity index (χ1) is 10.2. The van der Waals surface area contributed by atoms with Gasteiger partial charge in [-0.25, -0.2) is 0 Å². The third kappa shape index (κ3) is 7.27. The Morgan fingerprint density at radius 1 is 1.29 bits per heavy atom. The molecule has 0 spiro atoms. The second kappa shape index (κ2) is 10.4. The molecule has 0 unspecified atom stereocenters. The van der Waals surface area contributed by atoms with Crippen LogP contribution >= 0.6 is 11.8 Å². The average Bonchev–Trinajstić information content (AvgIpc) is 2.48. The van der Waals surface area contributed by atoms with E-state index in [0.717, 1.165) is 12.2 Å². The van der Waals surface area contributed by atoms with Crippen molar-refractivity contribution in [3.05, 3.63) is 18.2 Å². The van der Waals surface area contributed by atoms with Gasteiger partial charge < -0.3 is 15.8 Å².